The summed E-state index contributed by atoms with van der Waals surface area (Å²) in [7, 11) is 3.23. The summed E-state index contributed by atoms with van der Waals surface area (Å²) in [6.07, 6.45) is 1.11. The van der Waals surface area contributed by atoms with Crippen LogP contribution in [0.3, 0.4) is 0 Å². The quantitative estimate of drug-likeness (QED) is 0.901. The average Bonchev–Trinajstić information content (AvgIpc) is 2.75. The van der Waals surface area contributed by atoms with Crippen LogP contribution in [0.5, 0.6) is 11.5 Å². The molecule has 0 aromatic heterocycles. The molecule has 0 amide bonds. The largest absolute Gasteiger partial charge is 0.493 e. The van der Waals surface area contributed by atoms with Crippen LogP contribution in [0, 0.1) is 0 Å². The molecular weight excluding hydrogens is 238 g/mol. The molecule has 0 aliphatic carbocycles. The van der Waals surface area contributed by atoms with Crippen LogP contribution >= 0.6 is 11.6 Å². The molecule has 0 bridgehead atoms. The van der Waals surface area contributed by atoms with Gasteiger partial charge in [-0.1, -0.05) is 17.7 Å². The van der Waals surface area contributed by atoms with Crippen molar-refractivity contribution >= 4 is 11.6 Å². The highest BCUT2D eigenvalue weighted by molar-refractivity contribution is 6.33. The molecule has 2 unspecified atom stereocenters. The van der Waals surface area contributed by atoms with Gasteiger partial charge in [0, 0.05) is 12.6 Å². The SMILES string of the molecule is COc1ccc(C2CNC(C)C2)c(Cl)c1OC. The zero-order valence-electron chi connectivity index (χ0n) is 10.4. The van der Waals surface area contributed by atoms with E-state index in [-0.39, 0.29) is 0 Å². The normalized spacial score (nSPS) is 23.8. The topological polar surface area (TPSA) is 30.5 Å². The first-order chi connectivity index (χ1) is 8.17. The van der Waals surface area contributed by atoms with Crippen molar-refractivity contribution in [3.05, 3.63) is 22.7 Å². The van der Waals surface area contributed by atoms with Crippen LogP contribution in [0.4, 0.5) is 0 Å². The third-order valence-electron chi connectivity index (χ3n) is 3.31. The summed E-state index contributed by atoms with van der Waals surface area (Å²) in [5, 5.41) is 4.10. The highest BCUT2D eigenvalue weighted by atomic mass is 35.5. The zero-order valence-corrected chi connectivity index (χ0v) is 11.2. The van der Waals surface area contributed by atoms with Crippen LogP contribution in [0.15, 0.2) is 12.1 Å². The Morgan fingerprint density at radius 3 is 2.59 bits per heavy atom. The summed E-state index contributed by atoms with van der Waals surface area (Å²) in [4.78, 5) is 0. The lowest BCUT2D eigenvalue weighted by atomic mass is 9.96. The number of hydrogen-bond donors (Lipinski definition) is 1. The summed E-state index contributed by atoms with van der Waals surface area (Å²) in [6.45, 7) is 3.16. The van der Waals surface area contributed by atoms with Gasteiger partial charge in [-0.15, -0.1) is 0 Å². The highest BCUT2D eigenvalue weighted by Gasteiger charge is 2.26. The maximum Gasteiger partial charge on any atom is 0.179 e. The minimum atomic E-state index is 0.456. The molecule has 0 spiro atoms. The Morgan fingerprint density at radius 2 is 2.06 bits per heavy atom. The molecule has 1 aliphatic rings. The average molecular weight is 256 g/mol. The fraction of sp³-hybridized carbons (Fsp3) is 0.538. The molecule has 2 atom stereocenters. The summed E-state index contributed by atoms with van der Waals surface area (Å²) in [5.41, 5.74) is 1.14. The van der Waals surface area contributed by atoms with Crippen molar-refractivity contribution in [2.45, 2.75) is 25.3 Å². The molecule has 17 heavy (non-hydrogen) atoms. The van der Waals surface area contributed by atoms with Gasteiger partial charge in [0.2, 0.25) is 0 Å². The molecule has 2 rings (SSSR count). The van der Waals surface area contributed by atoms with Gasteiger partial charge in [-0.3, -0.25) is 0 Å². The van der Waals surface area contributed by atoms with Crippen molar-refractivity contribution in [2.75, 3.05) is 20.8 Å². The van der Waals surface area contributed by atoms with Gasteiger partial charge in [-0.25, -0.2) is 0 Å². The summed E-state index contributed by atoms with van der Waals surface area (Å²) in [5.74, 6) is 1.77. The summed E-state index contributed by atoms with van der Waals surface area (Å²) < 4.78 is 10.5. The first-order valence-electron chi connectivity index (χ1n) is 5.81. The van der Waals surface area contributed by atoms with Crippen LogP contribution in [-0.4, -0.2) is 26.8 Å². The number of hydrogen-bond acceptors (Lipinski definition) is 3. The van der Waals surface area contributed by atoms with Crippen molar-refractivity contribution in [3.8, 4) is 11.5 Å². The van der Waals surface area contributed by atoms with E-state index in [2.05, 4.69) is 12.2 Å². The molecule has 0 saturated carbocycles. The van der Waals surface area contributed by atoms with E-state index < -0.39 is 0 Å². The van der Waals surface area contributed by atoms with E-state index in [0.29, 0.717) is 28.5 Å². The molecule has 1 aromatic rings. The maximum absolute atomic E-state index is 6.39. The maximum atomic E-state index is 6.39. The second-order valence-corrected chi connectivity index (χ2v) is 4.82. The second-order valence-electron chi connectivity index (χ2n) is 4.45. The summed E-state index contributed by atoms with van der Waals surface area (Å²) >= 11 is 6.39. The minimum Gasteiger partial charge on any atom is -0.493 e. The molecule has 1 saturated heterocycles. The van der Waals surface area contributed by atoms with Crippen molar-refractivity contribution in [1.29, 1.82) is 0 Å². The van der Waals surface area contributed by atoms with Gasteiger partial charge in [0.1, 0.15) is 0 Å². The Balaban J connectivity index is 2.35. The zero-order chi connectivity index (χ0) is 12.4. The van der Waals surface area contributed by atoms with Gasteiger partial charge < -0.3 is 14.8 Å². The van der Waals surface area contributed by atoms with E-state index in [1.807, 2.05) is 12.1 Å². The van der Waals surface area contributed by atoms with Crippen molar-refractivity contribution in [2.24, 2.45) is 0 Å². The second kappa shape index (κ2) is 5.15. The molecule has 1 aromatic carbocycles. The number of nitrogens with one attached hydrogen (secondary N) is 1. The number of benzene rings is 1. The third kappa shape index (κ3) is 2.35. The van der Waals surface area contributed by atoms with Gasteiger partial charge in [0.05, 0.1) is 19.2 Å². The number of rotatable bonds is 3. The fourth-order valence-corrected chi connectivity index (χ4v) is 2.78. The van der Waals surface area contributed by atoms with Crippen molar-refractivity contribution in [1.82, 2.24) is 5.32 Å². The van der Waals surface area contributed by atoms with Crippen LogP contribution in [0.25, 0.3) is 0 Å². The number of halogens is 1. The van der Waals surface area contributed by atoms with Crippen LogP contribution in [-0.2, 0) is 0 Å². The van der Waals surface area contributed by atoms with Crippen LogP contribution in [0.2, 0.25) is 5.02 Å². The first-order valence-corrected chi connectivity index (χ1v) is 6.19. The standard InChI is InChI=1S/C13H18ClNO2/c1-8-6-9(7-15-8)10-4-5-11(16-2)13(17-3)12(10)14/h4-5,8-9,15H,6-7H2,1-3H3. The molecule has 3 nitrogen and oxygen atoms in total. The molecule has 4 heteroatoms. The highest BCUT2D eigenvalue weighted by Crippen LogP contribution is 2.41. The Morgan fingerprint density at radius 1 is 1.29 bits per heavy atom. The number of ether oxygens (including phenoxy) is 2. The molecule has 1 fully saturated rings. The molecule has 94 valence electrons. The fourth-order valence-electron chi connectivity index (χ4n) is 2.39. The Kier molecular flexibility index (Phi) is 3.79. The lowest BCUT2D eigenvalue weighted by Crippen LogP contribution is -2.16. The Bertz CT molecular complexity index is 409. The molecule has 1 heterocycles. The van der Waals surface area contributed by atoms with Gasteiger partial charge in [-0.2, -0.15) is 0 Å². The van der Waals surface area contributed by atoms with E-state index in [1.54, 1.807) is 14.2 Å². The minimum absolute atomic E-state index is 0.456. The van der Waals surface area contributed by atoms with Crippen LogP contribution in [0.1, 0.15) is 24.8 Å². The van der Waals surface area contributed by atoms with Gasteiger partial charge in [0.25, 0.3) is 0 Å². The van der Waals surface area contributed by atoms with Crippen molar-refractivity contribution < 1.29 is 9.47 Å². The predicted molar refractivity (Wildman–Crippen MR) is 69.4 cm³/mol. The first kappa shape index (κ1) is 12.5. The van der Waals surface area contributed by atoms with E-state index in [1.165, 1.54) is 0 Å². The predicted octanol–water partition coefficient (Wildman–Crippen LogP) is 2.82. The monoisotopic (exact) mass is 255 g/mol. The van der Waals surface area contributed by atoms with Gasteiger partial charge in [0.15, 0.2) is 11.5 Å². The van der Waals surface area contributed by atoms with Gasteiger partial charge >= 0.3 is 0 Å². The van der Waals surface area contributed by atoms with Gasteiger partial charge in [-0.05, 0) is 30.9 Å². The molecule has 1 aliphatic heterocycles. The lowest BCUT2D eigenvalue weighted by Gasteiger charge is -2.16. The smallest absolute Gasteiger partial charge is 0.179 e. The number of methoxy groups -OCH3 is 2. The Hall–Kier alpha value is -0.930. The van der Waals surface area contributed by atoms with E-state index in [9.17, 15) is 0 Å². The third-order valence-corrected chi connectivity index (χ3v) is 3.70. The lowest BCUT2D eigenvalue weighted by molar-refractivity contribution is 0.354. The van der Waals surface area contributed by atoms with E-state index in [0.717, 1.165) is 18.5 Å². The van der Waals surface area contributed by atoms with E-state index in [4.69, 9.17) is 21.1 Å². The molecule has 0 radical (unpaired) electrons. The van der Waals surface area contributed by atoms with Crippen molar-refractivity contribution in [3.63, 3.8) is 0 Å². The van der Waals surface area contributed by atoms with Crippen LogP contribution < -0.4 is 14.8 Å². The summed E-state index contributed by atoms with van der Waals surface area (Å²) in [6, 6.07) is 4.50. The molecule has 1 N–H and O–H groups in total. The Labute approximate surface area is 107 Å². The molecular formula is C13H18ClNO2. The van der Waals surface area contributed by atoms with E-state index >= 15 is 0 Å².